The second kappa shape index (κ2) is 9.41. The molecule has 2 N–H and O–H groups in total. The highest BCUT2D eigenvalue weighted by Gasteiger charge is 2.16. The van der Waals surface area contributed by atoms with Crippen molar-refractivity contribution in [2.24, 2.45) is 0 Å². The van der Waals surface area contributed by atoms with Gasteiger partial charge in [0.05, 0.1) is 0 Å². The summed E-state index contributed by atoms with van der Waals surface area (Å²) >= 11 is 0. The molecule has 2 rings (SSSR count). The van der Waals surface area contributed by atoms with Crippen molar-refractivity contribution in [3.8, 4) is 0 Å². The van der Waals surface area contributed by atoms with Crippen LogP contribution in [-0.2, 0) is 4.74 Å². The molecule has 0 unspecified atom stereocenters. The fourth-order valence-electron chi connectivity index (χ4n) is 2.80. The van der Waals surface area contributed by atoms with Gasteiger partial charge in [0.1, 0.15) is 5.69 Å². The topological polar surface area (TPSA) is 63.2 Å². The summed E-state index contributed by atoms with van der Waals surface area (Å²) in [4.78, 5) is 16.5. The average molecular weight is 305 g/mol. The monoisotopic (exact) mass is 305 g/mol. The minimum absolute atomic E-state index is 0.0626. The third-order valence-electron chi connectivity index (χ3n) is 4.04. The molecule has 1 amide bonds. The van der Waals surface area contributed by atoms with Crippen molar-refractivity contribution in [1.82, 2.24) is 10.3 Å². The lowest BCUT2D eigenvalue weighted by Crippen LogP contribution is -2.34. The van der Waals surface area contributed by atoms with Crippen LogP contribution in [0.2, 0.25) is 0 Å². The van der Waals surface area contributed by atoms with Gasteiger partial charge in [0.25, 0.3) is 5.91 Å². The molecule has 1 fully saturated rings. The molecule has 1 aliphatic rings. The van der Waals surface area contributed by atoms with E-state index >= 15 is 0 Å². The maximum atomic E-state index is 12.3. The van der Waals surface area contributed by atoms with Crippen LogP contribution in [0.3, 0.4) is 0 Å². The van der Waals surface area contributed by atoms with Crippen LogP contribution >= 0.6 is 0 Å². The molecule has 1 heterocycles. The number of hydrogen-bond acceptors (Lipinski definition) is 4. The minimum atomic E-state index is -0.0626. The van der Waals surface area contributed by atoms with E-state index in [4.69, 9.17) is 4.74 Å². The van der Waals surface area contributed by atoms with Gasteiger partial charge < -0.3 is 15.4 Å². The van der Waals surface area contributed by atoms with Crippen molar-refractivity contribution in [3.63, 3.8) is 0 Å². The van der Waals surface area contributed by atoms with Gasteiger partial charge >= 0.3 is 0 Å². The van der Waals surface area contributed by atoms with Gasteiger partial charge in [0.2, 0.25) is 0 Å². The number of aromatic nitrogens is 1. The lowest BCUT2D eigenvalue weighted by Gasteiger charge is -2.16. The van der Waals surface area contributed by atoms with Gasteiger partial charge in [-0.15, -0.1) is 0 Å². The number of methoxy groups -OCH3 is 1. The van der Waals surface area contributed by atoms with Crippen LogP contribution in [0, 0.1) is 0 Å². The molecule has 1 aromatic heterocycles. The summed E-state index contributed by atoms with van der Waals surface area (Å²) in [6.45, 7) is 1.55. The number of pyridine rings is 1. The molecule has 0 aliphatic heterocycles. The Balaban J connectivity index is 1.86. The first kappa shape index (κ1) is 16.7. The van der Waals surface area contributed by atoms with Crippen molar-refractivity contribution in [2.45, 2.75) is 51.0 Å². The zero-order chi connectivity index (χ0) is 15.6. The smallest absolute Gasteiger partial charge is 0.270 e. The van der Waals surface area contributed by atoms with E-state index in [0.29, 0.717) is 11.7 Å². The molecule has 22 heavy (non-hydrogen) atoms. The van der Waals surface area contributed by atoms with Crippen molar-refractivity contribution in [1.29, 1.82) is 0 Å². The molecule has 1 aliphatic carbocycles. The summed E-state index contributed by atoms with van der Waals surface area (Å²) in [7, 11) is 1.70. The Bertz CT molecular complexity index is 457. The molecule has 0 radical (unpaired) electrons. The summed E-state index contributed by atoms with van der Waals surface area (Å²) < 4.78 is 5.02. The molecule has 122 valence electrons. The Morgan fingerprint density at radius 2 is 2.09 bits per heavy atom. The summed E-state index contributed by atoms with van der Waals surface area (Å²) in [6, 6.07) is 4.00. The van der Waals surface area contributed by atoms with Crippen LogP contribution < -0.4 is 10.6 Å². The summed E-state index contributed by atoms with van der Waals surface area (Å²) in [5, 5.41) is 6.42. The Labute approximate surface area is 132 Å². The first-order chi connectivity index (χ1) is 10.8. The highest BCUT2D eigenvalue weighted by molar-refractivity contribution is 5.93. The van der Waals surface area contributed by atoms with Crippen LogP contribution in [-0.4, -0.2) is 37.2 Å². The van der Waals surface area contributed by atoms with Crippen molar-refractivity contribution in [2.75, 3.05) is 25.6 Å². The number of nitrogens with zero attached hydrogens (tertiary/aromatic N) is 1. The number of amides is 1. The van der Waals surface area contributed by atoms with Crippen molar-refractivity contribution < 1.29 is 9.53 Å². The predicted octanol–water partition coefficient (Wildman–Crippen LogP) is 2.98. The Morgan fingerprint density at radius 3 is 2.82 bits per heavy atom. The van der Waals surface area contributed by atoms with Gasteiger partial charge in [0.15, 0.2) is 0 Å². The molecular weight excluding hydrogens is 278 g/mol. The minimum Gasteiger partial charge on any atom is -0.385 e. The number of nitrogens with one attached hydrogen (secondary N) is 2. The molecule has 0 saturated heterocycles. The van der Waals surface area contributed by atoms with Crippen LogP contribution in [0.1, 0.15) is 55.4 Å². The summed E-state index contributed by atoms with van der Waals surface area (Å²) in [6.07, 6.45) is 9.76. The Kier molecular flexibility index (Phi) is 7.16. The second-order valence-electron chi connectivity index (χ2n) is 5.86. The highest BCUT2D eigenvalue weighted by atomic mass is 16.5. The van der Waals surface area contributed by atoms with E-state index in [-0.39, 0.29) is 5.91 Å². The van der Waals surface area contributed by atoms with Gasteiger partial charge in [-0.2, -0.15) is 0 Å². The predicted molar refractivity (Wildman–Crippen MR) is 88.2 cm³/mol. The number of carbonyl (C=O) groups is 1. The van der Waals surface area contributed by atoms with Crippen LogP contribution in [0.25, 0.3) is 0 Å². The third-order valence-corrected chi connectivity index (χ3v) is 4.04. The van der Waals surface area contributed by atoms with E-state index in [9.17, 15) is 4.79 Å². The van der Waals surface area contributed by atoms with Gasteiger partial charge in [0, 0.05) is 38.2 Å². The van der Waals surface area contributed by atoms with E-state index in [1.54, 1.807) is 13.3 Å². The average Bonchev–Trinajstić information content (AvgIpc) is 2.80. The molecular formula is C17H27N3O2. The lowest BCUT2D eigenvalue weighted by atomic mass is 10.1. The van der Waals surface area contributed by atoms with E-state index in [2.05, 4.69) is 15.6 Å². The number of carbonyl (C=O) groups excluding carboxylic acids is 1. The number of anilines is 1. The van der Waals surface area contributed by atoms with Gasteiger partial charge in [-0.1, -0.05) is 25.7 Å². The number of ether oxygens (including phenoxy) is 1. The molecule has 1 aromatic rings. The second-order valence-corrected chi connectivity index (χ2v) is 5.86. The maximum absolute atomic E-state index is 12.3. The van der Waals surface area contributed by atoms with Crippen LogP contribution in [0.4, 0.5) is 5.69 Å². The molecule has 0 bridgehead atoms. The molecule has 0 spiro atoms. The largest absolute Gasteiger partial charge is 0.385 e. The molecule has 0 aromatic carbocycles. The van der Waals surface area contributed by atoms with Gasteiger partial charge in [-0.25, -0.2) is 0 Å². The van der Waals surface area contributed by atoms with Gasteiger partial charge in [-0.3, -0.25) is 9.78 Å². The van der Waals surface area contributed by atoms with Crippen molar-refractivity contribution in [3.05, 3.63) is 24.0 Å². The van der Waals surface area contributed by atoms with E-state index in [0.717, 1.165) is 38.1 Å². The lowest BCUT2D eigenvalue weighted by molar-refractivity contribution is 0.0928. The zero-order valence-corrected chi connectivity index (χ0v) is 13.4. The van der Waals surface area contributed by atoms with Crippen LogP contribution in [0.15, 0.2) is 18.3 Å². The Morgan fingerprint density at radius 1 is 1.32 bits per heavy atom. The first-order valence-electron chi connectivity index (χ1n) is 8.29. The summed E-state index contributed by atoms with van der Waals surface area (Å²) in [5.41, 5.74) is 1.41. The normalized spacial score (nSPS) is 16.0. The highest BCUT2D eigenvalue weighted by Crippen LogP contribution is 2.17. The molecule has 0 atom stereocenters. The van der Waals surface area contributed by atoms with E-state index in [1.165, 1.54) is 25.7 Å². The molecule has 5 nitrogen and oxygen atoms in total. The van der Waals surface area contributed by atoms with E-state index in [1.807, 2.05) is 12.1 Å². The standard InChI is InChI=1S/C17H27N3O2/c1-22-12-6-10-18-15-9-11-19-16(13-15)17(21)20-14-7-4-2-3-5-8-14/h9,11,13-14H,2-8,10,12H2,1H3,(H,18,19)(H,20,21). The van der Waals surface area contributed by atoms with Crippen LogP contribution in [0.5, 0.6) is 0 Å². The SMILES string of the molecule is COCCCNc1ccnc(C(=O)NC2CCCCCC2)c1. The van der Waals surface area contributed by atoms with Crippen molar-refractivity contribution >= 4 is 11.6 Å². The maximum Gasteiger partial charge on any atom is 0.270 e. The third kappa shape index (κ3) is 5.64. The zero-order valence-electron chi connectivity index (χ0n) is 13.4. The van der Waals surface area contributed by atoms with E-state index < -0.39 is 0 Å². The Hall–Kier alpha value is -1.62. The fraction of sp³-hybridized carbons (Fsp3) is 0.647. The fourth-order valence-corrected chi connectivity index (χ4v) is 2.80. The molecule has 5 heteroatoms. The molecule has 1 saturated carbocycles. The number of hydrogen-bond donors (Lipinski definition) is 2. The number of rotatable bonds is 7. The quantitative estimate of drug-likeness (QED) is 0.600. The first-order valence-corrected chi connectivity index (χ1v) is 8.29. The summed E-state index contributed by atoms with van der Waals surface area (Å²) in [5.74, 6) is -0.0626. The van der Waals surface area contributed by atoms with Gasteiger partial charge in [-0.05, 0) is 31.4 Å².